The Kier molecular flexibility index (Phi) is 4.98. The number of hydrogen-bond donors (Lipinski definition) is 2. The van der Waals surface area contributed by atoms with E-state index >= 15 is 0 Å². The van der Waals surface area contributed by atoms with Crippen LogP contribution < -0.4 is 10.6 Å². The number of nitrogens with one attached hydrogen (secondary N) is 2. The van der Waals surface area contributed by atoms with E-state index in [0.29, 0.717) is 26.3 Å². The molecule has 2 aliphatic heterocycles. The van der Waals surface area contributed by atoms with Crippen LogP contribution in [0.15, 0.2) is 0 Å². The van der Waals surface area contributed by atoms with E-state index in [2.05, 4.69) is 10.6 Å². The van der Waals surface area contributed by atoms with Crippen molar-refractivity contribution in [3.8, 4) is 0 Å². The molecule has 1 unspecified atom stereocenters. The second-order valence-corrected chi connectivity index (χ2v) is 4.87. The standard InChI is InChI=1S/C12H22N4O3/c1-13-12(18)15-5-2-10(3-6-15)16(9-17)11-8-19-7-4-14-11/h9-11,14H,2-8H2,1H3,(H,13,18). The smallest absolute Gasteiger partial charge is 0.317 e. The summed E-state index contributed by atoms with van der Waals surface area (Å²) < 4.78 is 5.39. The van der Waals surface area contributed by atoms with Gasteiger partial charge in [-0.2, -0.15) is 0 Å². The molecule has 2 aliphatic rings. The third-order valence-electron chi connectivity index (χ3n) is 3.77. The van der Waals surface area contributed by atoms with Gasteiger partial charge in [-0.3, -0.25) is 10.1 Å². The van der Waals surface area contributed by atoms with Gasteiger partial charge < -0.3 is 19.9 Å². The molecule has 0 aliphatic carbocycles. The maximum absolute atomic E-state index is 11.5. The number of hydrogen-bond acceptors (Lipinski definition) is 4. The molecule has 2 N–H and O–H groups in total. The summed E-state index contributed by atoms with van der Waals surface area (Å²) in [5.41, 5.74) is 0. The van der Waals surface area contributed by atoms with Crippen LogP contribution in [-0.4, -0.2) is 74.3 Å². The molecule has 0 aromatic rings. The second kappa shape index (κ2) is 6.72. The van der Waals surface area contributed by atoms with Crippen molar-refractivity contribution in [1.82, 2.24) is 20.4 Å². The summed E-state index contributed by atoms with van der Waals surface area (Å²) in [6, 6.07) is 0.132. The summed E-state index contributed by atoms with van der Waals surface area (Å²) in [5.74, 6) is 0. The predicted octanol–water partition coefficient (Wildman–Crippen LogP) is -0.805. The Hall–Kier alpha value is -1.34. The summed E-state index contributed by atoms with van der Waals surface area (Å²) in [6.07, 6.45) is 2.48. The molecular formula is C12H22N4O3. The van der Waals surface area contributed by atoms with Crippen molar-refractivity contribution in [2.45, 2.75) is 25.0 Å². The summed E-state index contributed by atoms with van der Waals surface area (Å²) in [4.78, 5) is 26.4. The van der Waals surface area contributed by atoms with Gasteiger partial charge in [0.2, 0.25) is 6.41 Å². The number of carbonyl (C=O) groups excluding carboxylic acids is 2. The molecule has 2 heterocycles. The normalized spacial score (nSPS) is 24.9. The van der Waals surface area contributed by atoms with Crippen molar-refractivity contribution in [2.24, 2.45) is 0 Å². The van der Waals surface area contributed by atoms with E-state index in [0.717, 1.165) is 25.8 Å². The van der Waals surface area contributed by atoms with E-state index < -0.39 is 0 Å². The minimum absolute atomic E-state index is 0.0391. The third-order valence-corrected chi connectivity index (χ3v) is 3.77. The molecule has 0 radical (unpaired) electrons. The number of piperidine rings is 1. The Labute approximate surface area is 113 Å². The number of carbonyl (C=O) groups is 2. The zero-order valence-electron chi connectivity index (χ0n) is 11.3. The molecule has 0 saturated carbocycles. The molecule has 2 fully saturated rings. The average molecular weight is 270 g/mol. The Morgan fingerprint density at radius 2 is 2.21 bits per heavy atom. The van der Waals surface area contributed by atoms with Gasteiger partial charge in [0.15, 0.2) is 0 Å². The molecule has 0 aromatic heterocycles. The average Bonchev–Trinajstić information content (AvgIpc) is 2.49. The van der Waals surface area contributed by atoms with Gasteiger partial charge in [0.05, 0.1) is 13.2 Å². The fourth-order valence-corrected chi connectivity index (χ4v) is 2.68. The fourth-order valence-electron chi connectivity index (χ4n) is 2.68. The lowest BCUT2D eigenvalue weighted by atomic mass is 10.0. The van der Waals surface area contributed by atoms with Crippen LogP contribution in [-0.2, 0) is 9.53 Å². The van der Waals surface area contributed by atoms with Gasteiger partial charge in [-0.25, -0.2) is 4.79 Å². The first kappa shape index (κ1) is 14.1. The largest absolute Gasteiger partial charge is 0.377 e. The molecule has 0 aromatic carbocycles. The SMILES string of the molecule is CNC(=O)N1CCC(N(C=O)C2COCCN2)CC1. The zero-order valence-corrected chi connectivity index (χ0v) is 11.3. The van der Waals surface area contributed by atoms with Crippen LogP contribution in [0.25, 0.3) is 0 Å². The lowest BCUT2D eigenvalue weighted by Gasteiger charge is -2.41. The number of urea groups is 1. The molecule has 7 nitrogen and oxygen atoms in total. The van der Waals surface area contributed by atoms with Crippen LogP contribution in [0.5, 0.6) is 0 Å². The van der Waals surface area contributed by atoms with Crippen molar-refractivity contribution in [3.05, 3.63) is 0 Å². The van der Waals surface area contributed by atoms with E-state index in [1.807, 2.05) is 0 Å². The highest BCUT2D eigenvalue weighted by atomic mass is 16.5. The van der Waals surface area contributed by atoms with Crippen LogP contribution in [0.3, 0.4) is 0 Å². The minimum atomic E-state index is -0.0461. The van der Waals surface area contributed by atoms with Gasteiger partial charge >= 0.3 is 6.03 Å². The molecule has 0 bridgehead atoms. The van der Waals surface area contributed by atoms with Gasteiger partial charge in [-0.05, 0) is 12.8 Å². The first-order valence-electron chi connectivity index (χ1n) is 6.76. The lowest BCUT2D eigenvalue weighted by Crippen LogP contribution is -2.58. The molecule has 3 amide bonds. The van der Waals surface area contributed by atoms with E-state index in [4.69, 9.17) is 4.74 Å². The Morgan fingerprint density at radius 1 is 1.47 bits per heavy atom. The summed E-state index contributed by atoms with van der Waals surface area (Å²) in [5, 5.41) is 5.92. The Bertz CT molecular complexity index is 312. The maximum atomic E-state index is 11.5. The first-order chi connectivity index (χ1) is 9.26. The number of ether oxygens (including phenoxy) is 1. The van der Waals surface area contributed by atoms with Crippen LogP contribution in [0, 0.1) is 0 Å². The third kappa shape index (κ3) is 3.36. The molecule has 0 spiro atoms. The zero-order chi connectivity index (χ0) is 13.7. The molecule has 19 heavy (non-hydrogen) atoms. The number of amides is 3. The van der Waals surface area contributed by atoms with Crippen LogP contribution >= 0.6 is 0 Å². The number of rotatable bonds is 3. The monoisotopic (exact) mass is 270 g/mol. The molecule has 7 heteroatoms. The van der Waals surface area contributed by atoms with E-state index in [-0.39, 0.29) is 18.2 Å². The van der Waals surface area contributed by atoms with Gasteiger partial charge in [-0.1, -0.05) is 0 Å². The summed E-state index contributed by atoms with van der Waals surface area (Å²) in [6.45, 7) is 3.36. The van der Waals surface area contributed by atoms with Crippen molar-refractivity contribution in [3.63, 3.8) is 0 Å². The quantitative estimate of drug-likeness (QED) is 0.658. The van der Waals surface area contributed by atoms with Crippen LogP contribution in [0.1, 0.15) is 12.8 Å². The lowest BCUT2D eigenvalue weighted by molar-refractivity contribution is -0.128. The number of nitrogens with zero attached hydrogens (tertiary/aromatic N) is 2. The van der Waals surface area contributed by atoms with Crippen molar-refractivity contribution >= 4 is 12.4 Å². The highest BCUT2D eigenvalue weighted by Crippen LogP contribution is 2.17. The van der Waals surface area contributed by atoms with Gasteiger partial charge in [0, 0.05) is 32.7 Å². The number of morpholine rings is 1. The van der Waals surface area contributed by atoms with Gasteiger partial charge in [-0.15, -0.1) is 0 Å². The first-order valence-corrected chi connectivity index (χ1v) is 6.76. The topological polar surface area (TPSA) is 73.9 Å². The molecule has 108 valence electrons. The highest BCUT2D eigenvalue weighted by molar-refractivity contribution is 5.73. The molecular weight excluding hydrogens is 248 g/mol. The second-order valence-electron chi connectivity index (χ2n) is 4.87. The molecule has 1 atom stereocenters. The predicted molar refractivity (Wildman–Crippen MR) is 69.6 cm³/mol. The van der Waals surface area contributed by atoms with Gasteiger partial charge in [0.25, 0.3) is 0 Å². The van der Waals surface area contributed by atoms with Gasteiger partial charge in [0.1, 0.15) is 6.17 Å². The van der Waals surface area contributed by atoms with E-state index in [9.17, 15) is 9.59 Å². The molecule has 2 saturated heterocycles. The fraction of sp³-hybridized carbons (Fsp3) is 0.833. The molecule has 2 rings (SSSR count). The van der Waals surface area contributed by atoms with Crippen molar-refractivity contribution in [2.75, 3.05) is 39.9 Å². The minimum Gasteiger partial charge on any atom is -0.377 e. The van der Waals surface area contributed by atoms with Crippen molar-refractivity contribution < 1.29 is 14.3 Å². The van der Waals surface area contributed by atoms with E-state index in [1.165, 1.54) is 0 Å². The Morgan fingerprint density at radius 3 is 2.74 bits per heavy atom. The number of likely N-dealkylation sites (tertiary alicyclic amines) is 1. The summed E-state index contributed by atoms with van der Waals surface area (Å²) in [7, 11) is 1.63. The maximum Gasteiger partial charge on any atom is 0.317 e. The van der Waals surface area contributed by atoms with Crippen molar-refractivity contribution in [1.29, 1.82) is 0 Å². The highest BCUT2D eigenvalue weighted by Gasteiger charge is 2.30. The summed E-state index contributed by atoms with van der Waals surface area (Å²) >= 11 is 0. The van der Waals surface area contributed by atoms with Crippen LogP contribution in [0.4, 0.5) is 4.79 Å². The van der Waals surface area contributed by atoms with E-state index in [1.54, 1.807) is 16.8 Å². The van der Waals surface area contributed by atoms with Crippen LogP contribution in [0.2, 0.25) is 0 Å². The Balaban J connectivity index is 1.87.